The van der Waals surface area contributed by atoms with Crippen LogP contribution in [0.4, 0.5) is 0 Å². The Bertz CT molecular complexity index is 678. The molecule has 0 atom stereocenters. The third-order valence-electron chi connectivity index (χ3n) is 2.73. The van der Waals surface area contributed by atoms with Crippen LogP contribution in [0.1, 0.15) is 9.75 Å². The van der Waals surface area contributed by atoms with Crippen LogP contribution < -0.4 is 5.32 Å². The molecule has 8 heteroatoms. The third-order valence-corrected chi connectivity index (χ3v) is 7.35. The Morgan fingerprint density at radius 2 is 2.15 bits per heavy atom. The Morgan fingerprint density at radius 1 is 1.40 bits per heavy atom. The summed E-state index contributed by atoms with van der Waals surface area (Å²) < 4.78 is 27.6. The Labute approximate surface area is 135 Å². The summed E-state index contributed by atoms with van der Waals surface area (Å²) in [6, 6.07) is 3.62. The van der Waals surface area contributed by atoms with Crippen molar-refractivity contribution in [2.45, 2.75) is 18.0 Å². The lowest BCUT2D eigenvalue weighted by molar-refractivity contribution is 0.469. The van der Waals surface area contributed by atoms with Crippen molar-refractivity contribution < 1.29 is 8.42 Å². The zero-order valence-electron chi connectivity index (χ0n) is 11.1. The molecule has 0 fully saturated rings. The van der Waals surface area contributed by atoms with Crippen LogP contribution >= 0.6 is 38.6 Å². The summed E-state index contributed by atoms with van der Waals surface area (Å²) in [4.78, 5) is 2.25. The lowest BCUT2D eigenvalue weighted by Gasteiger charge is -2.16. The normalized spacial score (nSPS) is 12.2. The second-order valence-electron chi connectivity index (χ2n) is 4.23. The molecule has 0 unspecified atom stereocenters. The van der Waals surface area contributed by atoms with Crippen LogP contribution in [-0.4, -0.2) is 26.8 Å². The SMILES string of the molecule is CNCc1sccc1S(=O)(=O)N(C)Cc1cc(Br)cs1. The van der Waals surface area contributed by atoms with E-state index in [9.17, 15) is 8.42 Å². The first kappa shape index (κ1) is 16.1. The summed E-state index contributed by atoms with van der Waals surface area (Å²) >= 11 is 6.38. The summed E-state index contributed by atoms with van der Waals surface area (Å²) in [5, 5.41) is 6.76. The quantitative estimate of drug-likeness (QED) is 0.818. The molecule has 0 saturated carbocycles. The number of halogens is 1. The summed E-state index contributed by atoms with van der Waals surface area (Å²) in [5.74, 6) is 0. The highest BCUT2D eigenvalue weighted by Gasteiger charge is 2.25. The Morgan fingerprint density at radius 3 is 2.75 bits per heavy atom. The molecule has 0 saturated heterocycles. The molecular formula is C12H15BrN2O2S3. The number of hydrogen-bond acceptors (Lipinski definition) is 5. The fourth-order valence-corrected chi connectivity index (χ4v) is 5.91. The average Bonchev–Trinajstić information content (AvgIpc) is 2.99. The number of nitrogens with one attached hydrogen (secondary N) is 1. The minimum absolute atomic E-state index is 0.382. The molecular weight excluding hydrogens is 380 g/mol. The van der Waals surface area contributed by atoms with Gasteiger partial charge < -0.3 is 5.32 Å². The second kappa shape index (κ2) is 6.67. The van der Waals surface area contributed by atoms with Crippen molar-refractivity contribution in [3.05, 3.63) is 37.1 Å². The molecule has 0 aliphatic rings. The van der Waals surface area contributed by atoms with E-state index in [4.69, 9.17) is 0 Å². The summed E-state index contributed by atoms with van der Waals surface area (Å²) in [6.45, 7) is 0.943. The van der Waals surface area contributed by atoms with Gasteiger partial charge in [-0.3, -0.25) is 0 Å². The molecule has 2 aromatic rings. The molecule has 0 radical (unpaired) electrons. The fraction of sp³-hybridized carbons (Fsp3) is 0.333. The fourth-order valence-electron chi connectivity index (χ4n) is 1.76. The summed E-state index contributed by atoms with van der Waals surface area (Å²) in [7, 11) is -0.0189. The van der Waals surface area contributed by atoms with Crippen LogP contribution in [0, 0.1) is 0 Å². The Balaban J connectivity index is 2.22. The molecule has 0 aliphatic carbocycles. The van der Waals surface area contributed by atoms with Crippen LogP contribution in [0.25, 0.3) is 0 Å². The zero-order chi connectivity index (χ0) is 14.8. The molecule has 20 heavy (non-hydrogen) atoms. The predicted octanol–water partition coefficient (Wildman–Crippen LogP) is 3.11. The number of rotatable bonds is 6. The number of thiophene rings is 2. The first-order valence-corrected chi connectivity index (χ1v) is 9.84. The van der Waals surface area contributed by atoms with Gasteiger partial charge in [0.25, 0.3) is 0 Å². The van der Waals surface area contributed by atoms with E-state index in [0.29, 0.717) is 18.0 Å². The van der Waals surface area contributed by atoms with E-state index >= 15 is 0 Å². The van der Waals surface area contributed by atoms with E-state index in [0.717, 1.165) is 14.2 Å². The second-order valence-corrected chi connectivity index (χ2v) is 9.16. The Hall–Kier alpha value is -0.250. The van der Waals surface area contributed by atoms with E-state index in [1.165, 1.54) is 15.6 Å². The van der Waals surface area contributed by atoms with Crippen molar-refractivity contribution in [1.82, 2.24) is 9.62 Å². The maximum absolute atomic E-state index is 12.6. The topological polar surface area (TPSA) is 49.4 Å². The van der Waals surface area contributed by atoms with Gasteiger partial charge in [0.1, 0.15) is 0 Å². The average molecular weight is 395 g/mol. The first-order valence-electron chi connectivity index (χ1n) is 5.85. The van der Waals surface area contributed by atoms with Gasteiger partial charge in [0.2, 0.25) is 10.0 Å². The molecule has 1 N–H and O–H groups in total. The van der Waals surface area contributed by atoms with E-state index in [1.54, 1.807) is 24.5 Å². The van der Waals surface area contributed by atoms with Crippen molar-refractivity contribution in [2.75, 3.05) is 14.1 Å². The van der Waals surface area contributed by atoms with Gasteiger partial charge in [-0.05, 0) is 40.5 Å². The minimum atomic E-state index is -3.44. The van der Waals surface area contributed by atoms with Crippen molar-refractivity contribution in [1.29, 1.82) is 0 Å². The summed E-state index contributed by atoms with van der Waals surface area (Å²) in [6.07, 6.45) is 0. The number of nitrogens with zero attached hydrogens (tertiary/aromatic N) is 1. The standard InChI is InChI=1S/C12H15BrN2O2S3/c1-14-6-11-12(3-4-18-11)20(16,17)15(2)7-10-5-9(13)8-19-10/h3-5,8,14H,6-7H2,1-2H3. The van der Waals surface area contributed by atoms with Crippen LogP contribution in [0.5, 0.6) is 0 Å². The molecule has 2 aromatic heterocycles. The molecule has 4 nitrogen and oxygen atoms in total. The van der Waals surface area contributed by atoms with E-state index in [2.05, 4.69) is 21.2 Å². The highest BCUT2D eigenvalue weighted by Crippen LogP contribution is 2.27. The monoisotopic (exact) mass is 394 g/mol. The molecule has 110 valence electrons. The molecule has 0 bridgehead atoms. The van der Waals surface area contributed by atoms with Crippen LogP contribution in [0.2, 0.25) is 0 Å². The van der Waals surface area contributed by atoms with Crippen molar-refractivity contribution in [3.8, 4) is 0 Å². The largest absolute Gasteiger partial charge is 0.315 e. The third kappa shape index (κ3) is 3.49. The van der Waals surface area contributed by atoms with Gasteiger partial charge >= 0.3 is 0 Å². The zero-order valence-corrected chi connectivity index (χ0v) is 15.1. The van der Waals surface area contributed by atoms with E-state index in [-0.39, 0.29) is 0 Å². The molecule has 2 heterocycles. The van der Waals surface area contributed by atoms with Crippen LogP contribution in [0.15, 0.2) is 32.3 Å². The first-order chi connectivity index (χ1) is 9.45. The van der Waals surface area contributed by atoms with Crippen LogP contribution in [0.3, 0.4) is 0 Å². The maximum Gasteiger partial charge on any atom is 0.244 e. The van der Waals surface area contributed by atoms with Gasteiger partial charge in [-0.1, -0.05) is 0 Å². The van der Waals surface area contributed by atoms with Gasteiger partial charge in [0, 0.05) is 39.7 Å². The lowest BCUT2D eigenvalue weighted by Crippen LogP contribution is -2.27. The van der Waals surface area contributed by atoms with Crippen molar-refractivity contribution in [3.63, 3.8) is 0 Å². The van der Waals surface area contributed by atoms with Gasteiger partial charge in [-0.2, -0.15) is 4.31 Å². The highest BCUT2D eigenvalue weighted by molar-refractivity contribution is 9.10. The van der Waals surface area contributed by atoms with Crippen molar-refractivity contribution >= 4 is 48.6 Å². The molecule has 0 aromatic carbocycles. The maximum atomic E-state index is 12.6. The smallest absolute Gasteiger partial charge is 0.244 e. The van der Waals surface area contributed by atoms with E-state index < -0.39 is 10.0 Å². The number of sulfonamides is 1. The Kier molecular flexibility index (Phi) is 5.38. The highest BCUT2D eigenvalue weighted by atomic mass is 79.9. The van der Waals surface area contributed by atoms with Gasteiger partial charge in [0.05, 0.1) is 4.90 Å². The molecule has 0 aliphatic heterocycles. The molecule has 2 rings (SSSR count). The van der Waals surface area contributed by atoms with E-state index in [1.807, 2.05) is 23.9 Å². The molecule has 0 amide bonds. The minimum Gasteiger partial charge on any atom is -0.315 e. The van der Waals surface area contributed by atoms with Gasteiger partial charge in [0.15, 0.2) is 0 Å². The number of hydrogen-bond donors (Lipinski definition) is 1. The van der Waals surface area contributed by atoms with Crippen LogP contribution in [-0.2, 0) is 23.1 Å². The van der Waals surface area contributed by atoms with Crippen molar-refractivity contribution in [2.24, 2.45) is 0 Å². The summed E-state index contributed by atoms with van der Waals surface area (Å²) in [5.41, 5.74) is 0. The van der Waals surface area contributed by atoms with Gasteiger partial charge in [-0.15, -0.1) is 22.7 Å². The predicted molar refractivity (Wildman–Crippen MR) is 87.8 cm³/mol. The molecule has 0 spiro atoms. The lowest BCUT2D eigenvalue weighted by atomic mass is 10.5. The van der Waals surface area contributed by atoms with Gasteiger partial charge in [-0.25, -0.2) is 8.42 Å².